The molecule has 1 unspecified atom stereocenters. The number of fused-ring (bicyclic) bond motifs is 1. The molecule has 1 aliphatic carbocycles. The molecule has 1 saturated heterocycles. The number of methoxy groups -OCH3 is 4. The fraction of sp³-hybridized carbons (Fsp3) is 0.423. The molecule has 2 aromatic rings. The molecule has 7 nitrogen and oxygen atoms in total. The van der Waals surface area contributed by atoms with Crippen LogP contribution in [0, 0.1) is 0 Å². The summed E-state index contributed by atoms with van der Waals surface area (Å²) in [5.74, 6) is 2.81. The standard InChI is InChI=1S/C26H31NO6/c1-27-13-12-26(18-7-9-21(30-3)23(15-18)32-5)11-10-19(16-24(26)27)33-25(28)17-6-8-20(29-2)22(14-17)31-4/h6-9,14-16,24H,10-13H2,1-5H3/t24?,26-/m0/s1. The van der Waals surface area contributed by atoms with Gasteiger partial charge in [0.15, 0.2) is 23.0 Å². The van der Waals surface area contributed by atoms with Gasteiger partial charge >= 0.3 is 5.97 Å². The topological polar surface area (TPSA) is 66.5 Å². The van der Waals surface area contributed by atoms with Gasteiger partial charge in [0.2, 0.25) is 0 Å². The molecule has 1 aliphatic heterocycles. The highest BCUT2D eigenvalue weighted by atomic mass is 16.5. The van der Waals surface area contributed by atoms with E-state index in [-0.39, 0.29) is 11.5 Å². The number of likely N-dealkylation sites (N-methyl/N-ethyl adjacent to an activating group) is 1. The van der Waals surface area contributed by atoms with Gasteiger partial charge in [0.25, 0.3) is 0 Å². The van der Waals surface area contributed by atoms with Crippen molar-refractivity contribution in [3.63, 3.8) is 0 Å². The lowest BCUT2D eigenvalue weighted by Crippen LogP contribution is -2.42. The highest BCUT2D eigenvalue weighted by Crippen LogP contribution is 2.49. The van der Waals surface area contributed by atoms with Crippen molar-refractivity contribution in [3.05, 3.63) is 59.4 Å². The van der Waals surface area contributed by atoms with Crippen LogP contribution in [0.15, 0.2) is 48.2 Å². The number of esters is 1. The molecule has 0 radical (unpaired) electrons. The Morgan fingerprint density at radius 3 is 2.18 bits per heavy atom. The summed E-state index contributed by atoms with van der Waals surface area (Å²) in [5.41, 5.74) is 1.58. The average molecular weight is 454 g/mol. The van der Waals surface area contributed by atoms with Crippen molar-refractivity contribution < 1.29 is 28.5 Å². The first-order chi connectivity index (χ1) is 15.9. The molecule has 176 valence electrons. The van der Waals surface area contributed by atoms with E-state index >= 15 is 0 Å². The molecule has 0 spiro atoms. The quantitative estimate of drug-likeness (QED) is 0.582. The third-order valence-electron chi connectivity index (χ3n) is 6.91. The maximum absolute atomic E-state index is 12.9. The Kier molecular flexibility index (Phi) is 6.51. The van der Waals surface area contributed by atoms with Gasteiger partial charge in [-0.2, -0.15) is 0 Å². The van der Waals surface area contributed by atoms with Gasteiger partial charge < -0.3 is 23.7 Å². The van der Waals surface area contributed by atoms with Crippen LogP contribution in [-0.4, -0.2) is 58.9 Å². The van der Waals surface area contributed by atoms with Gasteiger partial charge in [-0.05, 0) is 68.4 Å². The normalized spacial score (nSPS) is 22.2. The van der Waals surface area contributed by atoms with E-state index in [4.69, 9.17) is 23.7 Å². The van der Waals surface area contributed by atoms with Gasteiger partial charge in [-0.15, -0.1) is 0 Å². The second kappa shape index (κ2) is 9.35. The van der Waals surface area contributed by atoms with E-state index in [1.54, 1.807) is 46.6 Å². The van der Waals surface area contributed by atoms with Crippen molar-refractivity contribution in [2.24, 2.45) is 0 Å². The number of hydrogen-bond donors (Lipinski definition) is 0. The van der Waals surface area contributed by atoms with Crippen LogP contribution in [0.3, 0.4) is 0 Å². The van der Waals surface area contributed by atoms with Crippen molar-refractivity contribution >= 4 is 5.97 Å². The van der Waals surface area contributed by atoms with Crippen LogP contribution >= 0.6 is 0 Å². The summed E-state index contributed by atoms with van der Waals surface area (Å²) < 4.78 is 27.4. The van der Waals surface area contributed by atoms with Gasteiger partial charge in [0.1, 0.15) is 5.76 Å². The summed E-state index contributed by atoms with van der Waals surface area (Å²) in [4.78, 5) is 15.2. The van der Waals surface area contributed by atoms with E-state index in [0.29, 0.717) is 29.2 Å². The fourth-order valence-corrected chi connectivity index (χ4v) is 5.08. The van der Waals surface area contributed by atoms with Crippen LogP contribution in [0.1, 0.15) is 35.2 Å². The zero-order chi connectivity index (χ0) is 23.6. The van der Waals surface area contributed by atoms with E-state index in [1.165, 1.54) is 5.56 Å². The summed E-state index contributed by atoms with van der Waals surface area (Å²) >= 11 is 0. The molecule has 0 bridgehead atoms. The van der Waals surface area contributed by atoms with Crippen LogP contribution in [0.4, 0.5) is 0 Å². The number of allylic oxidation sites excluding steroid dienone is 1. The molecular weight excluding hydrogens is 422 g/mol. The predicted octanol–water partition coefficient (Wildman–Crippen LogP) is 4.20. The Labute approximate surface area is 194 Å². The minimum absolute atomic E-state index is 0.0620. The van der Waals surface area contributed by atoms with Gasteiger partial charge in [0.05, 0.1) is 34.0 Å². The molecule has 1 fully saturated rings. The minimum atomic E-state index is -0.401. The summed E-state index contributed by atoms with van der Waals surface area (Å²) in [5, 5.41) is 0. The van der Waals surface area contributed by atoms with E-state index in [9.17, 15) is 4.79 Å². The SMILES string of the molecule is COc1ccc(C(=O)OC2=CC3N(C)CC[C@]3(c3ccc(OC)c(OC)c3)CC2)cc1OC. The Morgan fingerprint density at radius 1 is 0.879 bits per heavy atom. The average Bonchev–Trinajstić information content (AvgIpc) is 3.19. The number of rotatable bonds is 7. The van der Waals surface area contributed by atoms with Crippen molar-refractivity contribution in [1.29, 1.82) is 0 Å². The lowest BCUT2D eigenvalue weighted by molar-refractivity contribution is 0.0593. The second-order valence-corrected chi connectivity index (χ2v) is 8.49. The number of hydrogen-bond acceptors (Lipinski definition) is 7. The number of carbonyl (C=O) groups is 1. The van der Waals surface area contributed by atoms with Crippen molar-refractivity contribution in [1.82, 2.24) is 4.90 Å². The fourth-order valence-electron chi connectivity index (χ4n) is 5.08. The van der Waals surface area contributed by atoms with Gasteiger partial charge in [-0.25, -0.2) is 4.79 Å². The van der Waals surface area contributed by atoms with Crippen LogP contribution in [-0.2, 0) is 10.2 Å². The third kappa shape index (κ3) is 4.13. The lowest BCUT2D eigenvalue weighted by atomic mass is 9.68. The molecule has 4 rings (SSSR count). The molecule has 0 N–H and O–H groups in total. The van der Waals surface area contributed by atoms with Crippen molar-refractivity contribution in [3.8, 4) is 23.0 Å². The molecule has 0 saturated carbocycles. The number of carbonyl (C=O) groups excluding carboxylic acids is 1. The molecule has 0 amide bonds. The van der Waals surface area contributed by atoms with Crippen LogP contribution in [0.2, 0.25) is 0 Å². The van der Waals surface area contributed by atoms with E-state index in [2.05, 4.69) is 30.2 Å². The molecule has 2 aliphatic rings. The van der Waals surface area contributed by atoms with Crippen LogP contribution < -0.4 is 18.9 Å². The van der Waals surface area contributed by atoms with Gasteiger partial charge in [-0.1, -0.05) is 6.07 Å². The van der Waals surface area contributed by atoms with Gasteiger partial charge in [-0.3, -0.25) is 4.90 Å². The van der Waals surface area contributed by atoms with Crippen molar-refractivity contribution in [2.45, 2.75) is 30.7 Å². The van der Waals surface area contributed by atoms with E-state index in [0.717, 1.165) is 30.9 Å². The number of likely N-dealkylation sites (tertiary alicyclic amines) is 1. The summed E-state index contributed by atoms with van der Waals surface area (Å²) in [6.45, 7) is 0.965. The maximum Gasteiger partial charge on any atom is 0.343 e. The first-order valence-electron chi connectivity index (χ1n) is 11.0. The molecule has 2 aromatic carbocycles. The smallest absolute Gasteiger partial charge is 0.343 e. The lowest BCUT2D eigenvalue weighted by Gasteiger charge is -2.40. The highest BCUT2D eigenvalue weighted by molar-refractivity contribution is 5.91. The minimum Gasteiger partial charge on any atom is -0.493 e. The van der Waals surface area contributed by atoms with Crippen LogP contribution in [0.25, 0.3) is 0 Å². The largest absolute Gasteiger partial charge is 0.493 e. The molecule has 1 heterocycles. The van der Waals surface area contributed by atoms with E-state index in [1.807, 2.05) is 6.07 Å². The first kappa shape index (κ1) is 23.0. The Bertz CT molecular complexity index is 1060. The van der Waals surface area contributed by atoms with E-state index < -0.39 is 5.97 Å². The third-order valence-corrected chi connectivity index (χ3v) is 6.91. The first-order valence-corrected chi connectivity index (χ1v) is 11.0. The Balaban J connectivity index is 1.59. The second-order valence-electron chi connectivity index (χ2n) is 8.49. The zero-order valence-corrected chi connectivity index (χ0v) is 19.8. The monoisotopic (exact) mass is 453 g/mol. The van der Waals surface area contributed by atoms with Crippen LogP contribution in [0.5, 0.6) is 23.0 Å². The number of nitrogens with zero attached hydrogens (tertiary/aromatic N) is 1. The molecule has 0 aromatic heterocycles. The zero-order valence-electron chi connectivity index (χ0n) is 19.8. The summed E-state index contributed by atoms with van der Waals surface area (Å²) in [6.07, 6.45) is 4.68. The number of ether oxygens (including phenoxy) is 5. The molecule has 7 heteroatoms. The summed E-state index contributed by atoms with van der Waals surface area (Å²) in [7, 11) is 8.52. The summed E-state index contributed by atoms with van der Waals surface area (Å²) in [6, 6.07) is 11.3. The molecule has 33 heavy (non-hydrogen) atoms. The Hall–Kier alpha value is -3.19. The molecular formula is C26H31NO6. The maximum atomic E-state index is 12.9. The number of benzene rings is 2. The van der Waals surface area contributed by atoms with Gasteiger partial charge in [0, 0.05) is 17.9 Å². The highest BCUT2D eigenvalue weighted by Gasteiger charge is 2.48. The predicted molar refractivity (Wildman–Crippen MR) is 125 cm³/mol. The van der Waals surface area contributed by atoms with Crippen molar-refractivity contribution in [2.75, 3.05) is 42.0 Å². The molecule has 2 atom stereocenters. The Morgan fingerprint density at radius 2 is 1.52 bits per heavy atom.